The van der Waals surface area contributed by atoms with E-state index in [2.05, 4.69) is 17.0 Å². The Labute approximate surface area is 128 Å². The number of nitrogens with one attached hydrogen (secondary N) is 2. The largest absolute Gasteiger partial charge is 0.382 e. The molecule has 0 amide bonds. The Kier molecular flexibility index (Phi) is 5.65. The third-order valence-electron chi connectivity index (χ3n) is 4.23. The summed E-state index contributed by atoms with van der Waals surface area (Å²) in [5.41, 5.74) is 1.01. The van der Waals surface area contributed by atoms with Crippen molar-refractivity contribution >= 4 is 15.7 Å². The summed E-state index contributed by atoms with van der Waals surface area (Å²) in [6.07, 6.45) is 6.29. The highest BCUT2D eigenvalue weighted by Crippen LogP contribution is 2.28. The number of rotatable bonds is 6. The van der Waals surface area contributed by atoms with Gasteiger partial charge in [0, 0.05) is 18.3 Å². The molecule has 1 saturated carbocycles. The summed E-state index contributed by atoms with van der Waals surface area (Å²) in [6.45, 7) is 4.44. The van der Waals surface area contributed by atoms with Crippen LogP contribution in [0.2, 0.25) is 0 Å². The fourth-order valence-corrected chi connectivity index (χ4v) is 4.07. The van der Waals surface area contributed by atoms with Gasteiger partial charge in [-0.3, -0.25) is 0 Å². The Morgan fingerprint density at radius 1 is 1.14 bits per heavy atom. The van der Waals surface area contributed by atoms with Crippen molar-refractivity contribution in [3.05, 3.63) is 24.3 Å². The molecule has 2 N–H and O–H groups in total. The topological polar surface area (TPSA) is 58.2 Å². The Morgan fingerprint density at radius 3 is 2.48 bits per heavy atom. The molecule has 0 aromatic heterocycles. The lowest BCUT2D eigenvalue weighted by Crippen LogP contribution is -2.27. The van der Waals surface area contributed by atoms with Crippen LogP contribution in [-0.4, -0.2) is 21.0 Å². The first-order chi connectivity index (χ1) is 10.0. The summed E-state index contributed by atoms with van der Waals surface area (Å²) in [5, 5.41) is 3.54. The standard InChI is InChI=1S/C16H26N2O2S/c1-3-13-6-5-7-15(12-13)18-14-8-10-16(11-9-14)21(19,20)17-4-2/h8-11,13,15,17-18H,3-7,12H2,1-2H3. The molecule has 1 aromatic carbocycles. The van der Waals surface area contributed by atoms with Crippen LogP contribution in [-0.2, 0) is 10.0 Å². The zero-order chi connectivity index (χ0) is 15.3. The first-order valence-electron chi connectivity index (χ1n) is 7.91. The van der Waals surface area contributed by atoms with Gasteiger partial charge >= 0.3 is 0 Å². The van der Waals surface area contributed by atoms with Crippen LogP contribution >= 0.6 is 0 Å². The van der Waals surface area contributed by atoms with E-state index in [9.17, 15) is 8.42 Å². The van der Waals surface area contributed by atoms with Crippen LogP contribution < -0.4 is 10.0 Å². The summed E-state index contributed by atoms with van der Waals surface area (Å²) in [5.74, 6) is 0.824. The minimum absolute atomic E-state index is 0.324. The third kappa shape index (κ3) is 4.45. The first kappa shape index (κ1) is 16.3. The van der Waals surface area contributed by atoms with E-state index in [4.69, 9.17) is 0 Å². The van der Waals surface area contributed by atoms with Crippen molar-refractivity contribution in [3.63, 3.8) is 0 Å². The number of benzene rings is 1. The summed E-state index contributed by atoms with van der Waals surface area (Å²) in [4.78, 5) is 0.324. The fourth-order valence-electron chi connectivity index (χ4n) is 3.03. The van der Waals surface area contributed by atoms with Gasteiger partial charge in [-0.05, 0) is 43.0 Å². The maximum Gasteiger partial charge on any atom is 0.240 e. The number of anilines is 1. The predicted octanol–water partition coefficient (Wildman–Crippen LogP) is 3.37. The smallest absolute Gasteiger partial charge is 0.240 e. The molecule has 0 saturated heterocycles. The lowest BCUT2D eigenvalue weighted by Gasteiger charge is -2.29. The molecular formula is C16H26N2O2S. The van der Waals surface area contributed by atoms with Crippen LogP contribution in [0.5, 0.6) is 0 Å². The van der Waals surface area contributed by atoms with Gasteiger partial charge in [-0.25, -0.2) is 13.1 Å². The van der Waals surface area contributed by atoms with Gasteiger partial charge in [0.15, 0.2) is 0 Å². The van der Waals surface area contributed by atoms with Crippen molar-refractivity contribution in [2.75, 3.05) is 11.9 Å². The monoisotopic (exact) mass is 310 g/mol. The van der Waals surface area contributed by atoms with Crippen LogP contribution in [0.1, 0.15) is 46.0 Å². The molecule has 0 heterocycles. The van der Waals surface area contributed by atoms with Gasteiger partial charge in [0.2, 0.25) is 10.0 Å². The van der Waals surface area contributed by atoms with Crippen molar-refractivity contribution < 1.29 is 8.42 Å². The van der Waals surface area contributed by atoms with Crippen molar-refractivity contribution in [1.29, 1.82) is 0 Å². The average Bonchev–Trinajstić information content (AvgIpc) is 2.48. The molecule has 2 unspecified atom stereocenters. The quantitative estimate of drug-likeness (QED) is 0.847. The second kappa shape index (κ2) is 7.27. The molecule has 21 heavy (non-hydrogen) atoms. The maximum absolute atomic E-state index is 11.9. The van der Waals surface area contributed by atoms with E-state index < -0.39 is 10.0 Å². The van der Waals surface area contributed by atoms with Crippen LogP contribution in [0.25, 0.3) is 0 Å². The molecule has 1 aliphatic carbocycles. The second-order valence-corrected chi connectivity index (χ2v) is 7.57. The molecule has 1 aromatic rings. The Hall–Kier alpha value is -1.07. The molecule has 5 heteroatoms. The van der Waals surface area contributed by atoms with Gasteiger partial charge in [-0.2, -0.15) is 0 Å². The van der Waals surface area contributed by atoms with E-state index in [0.717, 1.165) is 11.6 Å². The van der Waals surface area contributed by atoms with Crippen LogP contribution in [0.15, 0.2) is 29.2 Å². The minimum Gasteiger partial charge on any atom is -0.382 e. The van der Waals surface area contributed by atoms with Crippen molar-refractivity contribution in [3.8, 4) is 0 Å². The molecule has 0 radical (unpaired) electrons. The average molecular weight is 310 g/mol. The lowest BCUT2D eigenvalue weighted by molar-refractivity contribution is 0.327. The van der Waals surface area contributed by atoms with Gasteiger partial charge < -0.3 is 5.32 Å². The second-order valence-electron chi connectivity index (χ2n) is 5.81. The van der Waals surface area contributed by atoms with Crippen LogP contribution in [0.3, 0.4) is 0 Å². The Morgan fingerprint density at radius 2 is 1.86 bits per heavy atom. The highest BCUT2D eigenvalue weighted by Gasteiger charge is 2.20. The summed E-state index contributed by atoms with van der Waals surface area (Å²) in [7, 11) is -3.35. The first-order valence-corrected chi connectivity index (χ1v) is 9.39. The van der Waals surface area contributed by atoms with Gasteiger partial charge in [0.25, 0.3) is 0 Å². The van der Waals surface area contributed by atoms with Crippen molar-refractivity contribution in [2.24, 2.45) is 5.92 Å². The van der Waals surface area contributed by atoms with Gasteiger partial charge in [0.05, 0.1) is 4.90 Å². The van der Waals surface area contributed by atoms with E-state index in [1.165, 1.54) is 32.1 Å². The molecule has 4 nitrogen and oxygen atoms in total. The van der Waals surface area contributed by atoms with Crippen molar-refractivity contribution in [2.45, 2.75) is 56.9 Å². The minimum atomic E-state index is -3.35. The lowest BCUT2D eigenvalue weighted by atomic mass is 9.84. The normalized spacial score (nSPS) is 23.0. The maximum atomic E-state index is 11.9. The van der Waals surface area contributed by atoms with E-state index in [0.29, 0.717) is 17.5 Å². The van der Waals surface area contributed by atoms with Gasteiger partial charge in [-0.15, -0.1) is 0 Å². The summed E-state index contributed by atoms with van der Waals surface area (Å²) in [6, 6.07) is 7.57. The highest BCUT2D eigenvalue weighted by atomic mass is 32.2. The molecule has 118 valence electrons. The summed E-state index contributed by atoms with van der Waals surface area (Å²) >= 11 is 0. The SMILES string of the molecule is CCNS(=O)(=O)c1ccc(NC2CCCC(CC)C2)cc1. The zero-order valence-corrected chi connectivity index (χ0v) is 13.7. The third-order valence-corrected chi connectivity index (χ3v) is 5.79. The fraction of sp³-hybridized carbons (Fsp3) is 0.625. The summed E-state index contributed by atoms with van der Waals surface area (Å²) < 4.78 is 26.3. The van der Waals surface area contributed by atoms with Gasteiger partial charge in [0.1, 0.15) is 0 Å². The van der Waals surface area contributed by atoms with Gasteiger partial charge in [-0.1, -0.05) is 33.1 Å². The molecule has 0 spiro atoms. The molecule has 0 bridgehead atoms. The van der Waals surface area contributed by atoms with E-state index in [1.54, 1.807) is 19.1 Å². The zero-order valence-electron chi connectivity index (χ0n) is 12.9. The number of hydrogen-bond donors (Lipinski definition) is 2. The molecule has 1 fully saturated rings. The molecular weight excluding hydrogens is 284 g/mol. The predicted molar refractivity (Wildman–Crippen MR) is 87.0 cm³/mol. The number of hydrogen-bond acceptors (Lipinski definition) is 3. The molecule has 2 atom stereocenters. The molecule has 1 aliphatic rings. The van der Waals surface area contributed by atoms with E-state index >= 15 is 0 Å². The molecule has 2 rings (SSSR count). The van der Waals surface area contributed by atoms with Crippen LogP contribution in [0.4, 0.5) is 5.69 Å². The highest BCUT2D eigenvalue weighted by molar-refractivity contribution is 7.89. The van der Waals surface area contributed by atoms with E-state index in [-0.39, 0.29) is 0 Å². The number of sulfonamides is 1. The van der Waals surface area contributed by atoms with E-state index in [1.807, 2.05) is 12.1 Å². The Bertz CT molecular complexity index is 540. The van der Waals surface area contributed by atoms with Crippen LogP contribution in [0, 0.1) is 5.92 Å². The molecule has 0 aliphatic heterocycles. The van der Waals surface area contributed by atoms with Crippen molar-refractivity contribution in [1.82, 2.24) is 4.72 Å². The Balaban J connectivity index is 1.99.